The van der Waals surface area contributed by atoms with Crippen LogP contribution in [0.2, 0.25) is 0 Å². The Labute approximate surface area is 191 Å². The van der Waals surface area contributed by atoms with Gasteiger partial charge in [-0.05, 0) is 11.1 Å². The maximum absolute atomic E-state index is 13.3. The normalized spacial score (nSPS) is 20.2. The number of nitrogens with one attached hydrogen (secondary N) is 1. The zero-order chi connectivity index (χ0) is 23.3. The van der Waals surface area contributed by atoms with Crippen LogP contribution in [0.4, 0.5) is 5.95 Å². The number of hydrogen-bond donors (Lipinski definition) is 2. The van der Waals surface area contributed by atoms with E-state index in [0.717, 1.165) is 0 Å². The lowest BCUT2D eigenvalue weighted by Crippen LogP contribution is -2.48. The number of aromatic nitrogens is 3. The average molecular weight is 449 g/mol. The topological polar surface area (TPSA) is 114 Å². The van der Waals surface area contributed by atoms with Crippen LogP contribution in [0, 0.1) is 0 Å². The van der Waals surface area contributed by atoms with Gasteiger partial charge in [-0.1, -0.05) is 60.7 Å². The molecule has 0 aliphatic carbocycles. The molecule has 0 saturated carbocycles. The molecule has 9 heteroatoms. The summed E-state index contributed by atoms with van der Waals surface area (Å²) in [6.07, 6.45) is 2.78. The Morgan fingerprint density at radius 3 is 2.21 bits per heavy atom. The minimum Gasteiger partial charge on any atom is -0.453 e. The van der Waals surface area contributed by atoms with E-state index < -0.39 is 17.7 Å². The van der Waals surface area contributed by atoms with E-state index in [1.54, 1.807) is 48.5 Å². The van der Waals surface area contributed by atoms with Crippen LogP contribution in [0.5, 0.6) is 0 Å². The van der Waals surface area contributed by atoms with E-state index >= 15 is 0 Å². The number of anilines is 1. The smallest absolute Gasteiger partial charge is 0.348 e. The minimum atomic E-state index is -1.93. The van der Waals surface area contributed by atoms with Gasteiger partial charge in [0.15, 0.2) is 12.6 Å². The van der Waals surface area contributed by atoms with E-state index in [0.29, 0.717) is 35.1 Å². The number of likely N-dealkylation sites (N-methyl/N-ethyl adjacent to an activating group) is 1. The number of aliphatic hydroxyl groups is 1. The molecule has 1 amide bonds. The summed E-state index contributed by atoms with van der Waals surface area (Å²) in [4.78, 5) is 37.3. The number of carbonyl (C=O) groups excluding carboxylic acids is 2. The summed E-state index contributed by atoms with van der Waals surface area (Å²) in [6.45, 7) is 1.29. The molecule has 2 heterocycles. The van der Waals surface area contributed by atoms with E-state index in [-0.39, 0.29) is 18.4 Å². The van der Waals surface area contributed by atoms with Crippen molar-refractivity contribution >= 4 is 17.8 Å². The third kappa shape index (κ3) is 5.05. The van der Waals surface area contributed by atoms with Crippen LogP contribution in [-0.4, -0.2) is 69.2 Å². The predicted molar refractivity (Wildman–Crippen MR) is 120 cm³/mol. The van der Waals surface area contributed by atoms with Gasteiger partial charge >= 0.3 is 5.97 Å². The third-order valence-corrected chi connectivity index (χ3v) is 5.86. The lowest BCUT2D eigenvalue weighted by molar-refractivity contribution is -0.890. The number of quaternary nitrogens is 1. The van der Waals surface area contributed by atoms with Crippen LogP contribution >= 0.6 is 0 Å². The number of carbonyl (C=O) groups is 2. The van der Waals surface area contributed by atoms with Crippen LogP contribution in [0.15, 0.2) is 73.3 Å². The molecule has 33 heavy (non-hydrogen) atoms. The van der Waals surface area contributed by atoms with Crippen LogP contribution in [0.3, 0.4) is 0 Å². The highest BCUT2D eigenvalue weighted by atomic mass is 16.6. The largest absolute Gasteiger partial charge is 0.453 e. The molecule has 1 fully saturated rings. The number of esters is 1. The Morgan fingerprint density at radius 1 is 1.06 bits per heavy atom. The van der Waals surface area contributed by atoms with Gasteiger partial charge in [0.05, 0.1) is 13.6 Å². The van der Waals surface area contributed by atoms with Crippen LogP contribution in [-0.2, 0) is 19.9 Å². The number of likely N-dealkylation sites (tertiary alicyclic amines) is 1. The first-order valence-electron chi connectivity index (χ1n) is 10.7. The van der Waals surface area contributed by atoms with Crippen LogP contribution < -0.4 is 5.32 Å². The Balaban J connectivity index is 1.45. The monoisotopic (exact) mass is 448 g/mol. The lowest BCUT2D eigenvalue weighted by atomic mass is 9.86. The highest BCUT2D eigenvalue weighted by Crippen LogP contribution is 2.32. The summed E-state index contributed by atoms with van der Waals surface area (Å²) in [7, 11) is 1.93. The van der Waals surface area contributed by atoms with Crippen molar-refractivity contribution in [3.8, 4) is 0 Å². The zero-order valence-corrected chi connectivity index (χ0v) is 18.3. The highest BCUT2D eigenvalue weighted by Gasteiger charge is 2.45. The van der Waals surface area contributed by atoms with E-state index in [1.807, 2.05) is 19.2 Å². The van der Waals surface area contributed by atoms with Crippen molar-refractivity contribution < 1.29 is 23.9 Å². The first-order chi connectivity index (χ1) is 15.9. The van der Waals surface area contributed by atoms with Gasteiger partial charge in [0, 0.05) is 6.42 Å². The maximum atomic E-state index is 13.3. The molecule has 2 aromatic carbocycles. The number of amides is 1. The summed E-state index contributed by atoms with van der Waals surface area (Å²) in [6, 6.07) is 17.5. The molecule has 1 unspecified atom stereocenters. The molecule has 1 aliphatic rings. The number of benzene rings is 2. The van der Waals surface area contributed by atoms with E-state index in [4.69, 9.17) is 4.74 Å². The first kappa shape index (κ1) is 22.5. The molecule has 3 aromatic rings. The molecule has 0 radical (unpaired) electrons. The van der Waals surface area contributed by atoms with E-state index in [1.165, 1.54) is 12.7 Å². The van der Waals surface area contributed by atoms with Crippen molar-refractivity contribution in [1.82, 2.24) is 15.0 Å². The number of hydrogen-bond acceptors (Lipinski definition) is 7. The van der Waals surface area contributed by atoms with Gasteiger partial charge < -0.3 is 14.3 Å². The van der Waals surface area contributed by atoms with Gasteiger partial charge in [-0.15, -0.1) is 0 Å². The van der Waals surface area contributed by atoms with Gasteiger partial charge in [-0.25, -0.2) is 19.7 Å². The Hall–Kier alpha value is -3.69. The third-order valence-electron chi connectivity index (χ3n) is 5.86. The van der Waals surface area contributed by atoms with Crippen molar-refractivity contribution in [2.75, 3.05) is 32.0 Å². The molecule has 0 spiro atoms. The van der Waals surface area contributed by atoms with Gasteiger partial charge in [0.2, 0.25) is 11.5 Å². The summed E-state index contributed by atoms with van der Waals surface area (Å²) in [5, 5.41) is 14.2. The molecule has 9 nitrogen and oxygen atoms in total. The molecule has 2 N–H and O–H groups in total. The van der Waals surface area contributed by atoms with Gasteiger partial charge in [0.1, 0.15) is 19.2 Å². The van der Waals surface area contributed by atoms with Crippen molar-refractivity contribution in [2.24, 2.45) is 0 Å². The molecule has 1 aromatic heterocycles. The SMILES string of the molecule is C[N@@+]1(CC(=O)Nc2ncncn2)CCC(OC(=O)C(O)(c2ccccc2)c2ccccc2)C1. The standard InChI is InChI=1S/C24H25N5O4/c1-29(15-21(30)28-23-26-16-25-17-27-23)13-12-20(14-29)33-22(31)24(32,18-8-4-2-5-9-18)19-10-6-3-7-11-19/h2-11,16-17,20,32H,12-15H2,1H3/p+1/t20?,29-/m1/s1. The quantitative estimate of drug-likeness (QED) is 0.416. The molecular weight excluding hydrogens is 422 g/mol. The first-order valence-corrected chi connectivity index (χ1v) is 10.7. The fourth-order valence-electron chi connectivity index (χ4n) is 4.18. The van der Waals surface area contributed by atoms with Gasteiger partial charge in [-0.2, -0.15) is 0 Å². The Kier molecular flexibility index (Phi) is 6.43. The average Bonchev–Trinajstić information content (AvgIpc) is 3.19. The van der Waals surface area contributed by atoms with Crippen molar-refractivity contribution in [2.45, 2.75) is 18.1 Å². The fourth-order valence-corrected chi connectivity index (χ4v) is 4.18. The molecule has 1 saturated heterocycles. The number of ether oxygens (including phenoxy) is 1. The second-order valence-corrected chi connectivity index (χ2v) is 8.45. The van der Waals surface area contributed by atoms with Crippen LogP contribution in [0.1, 0.15) is 17.5 Å². The maximum Gasteiger partial charge on any atom is 0.348 e. The second-order valence-electron chi connectivity index (χ2n) is 8.45. The predicted octanol–water partition coefficient (Wildman–Crippen LogP) is 1.51. The lowest BCUT2D eigenvalue weighted by Gasteiger charge is -2.30. The highest BCUT2D eigenvalue weighted by molar-refractivity contribution is 5.89. The molecule has 170 valence electrons. The number of rotatable bonds is 7. The molecule has 0 bridgehead atoms. The van der Waals surface area contributed by atoms with Crippen molar-refractivity contribution in [3.63, 3.8) is 0 Å². The summed E-state index contributed by atoms with van der Waals surface area (Å²) >= 11 is 0. The van der Waals surface area contributed by atoms with Gasteiger partial charge in [-0.3, -0.25) is 10.1 Å². The second kappa shape index (κ2) is 9.43. The van der Waals surface area contributed by atoms with Crippen LogP contribution in [0.25, 0.3) is 0 Å². The summed E-state index contributed by atoms with van der Waals surface area (Å²) in [5.41, 5.74) is -1.05. The molecule has 1 aliphatic heterocycles. The summed E-state index contributed by atoms with van der Waals surface area (Å²) < 4.78 is 6.20. The molecule has 4 rings (SSSR count). The Bertz CT molecular complexity index is 1060. The van der Waals surface area contributed by atoms with Crippen molar-refractivity contribution in [3.05, 3.63) is 84.4 Å². The van der Waals surface area contributed by atoms with Gasteiger partial charge in [0.25, 0.3) is 5.91 Å². The minimum absolute atomic E-state index is 0.182. The molecule has 2 atom stereocenters. The van der Waals surface area contributed by atoms with E-state index in [2.05, 4.69) is 20.3 Å². The Morgan fingerprint density at radius 2 is 1.64 bits per heavy atom. The van der Waals surface area contributed by atoms with Crippen molar-refractivity contribution in [1.29, 1.82) is 0 Å². The number of nitrogens with zero attached hydrogens (tertiary/aromatic N) is 4. The fraction of sp³-hybridized carbons (Fsp3) is 0.292. The zero-order valence-electron chi connectivity index (χ0n) is 18.3. The van der Waals surface area contributed by atoms with E-state index in [9.17, 15) is 14.7 Å². The summed E-state index contributed by atoms with van der Waals surface area (Å²) in [5.74, 6) is -0.770. The molecular formula is C24H26N5O4+.